The van der Waals surface area contributed by atoms with E-state index in [-0.39, 0.29) is 11.9 Å². The fourth-order valence-corrected chi connectivity index (χ4v) is 3.18. The molecule has 3 rings (SSSR count). The lowest BCUT2D eigenvalue weighted by molar-refractivity contribution is -0.122. The van der Waals surface area contributed by atoms with E-state index in [4.69, 9.17) is 0 Å². The lowest BCUT2D eigenvalue weighted by Gasteiger charge is -2.24. The van der Waals surface area contributed by atoms with Crippen molar-refractivity contribution in [1.82, 2.24) is 14.9 Å². The molecule has 1 aliphatic rings. The summed E-state index contributed by atoms with van der Waals surface area (Å²) in [7, 11) is 0. The Morgan fingerprint density at radius 2 is 2.53 bits per heavy atom. The van der Waals surface area contributed by atoms with E-state index >= 15 is 0 Å². The number of hydrogen-bond donors (Lipinski definition) is 1. The average molecular weight is 275 g/mol. The molecule has 2 aromatic heterocycles. The zero-order valence-electron chi connectivity index (χ0n) is 10.7. The zero-order chi connectivity index (χ0) is 13.1. The molecule has 3 heterocycles. The quantitative estimate of drug-likeness (QED) is 0.928. The Morgan fingerprint density at radius 1 is 1.58 bits per heavy atom. The number of hydrogen-bond acceptors (Lipinski definition) is 3. The molecule has 1 amide bonds. The molecule has 0 bridgehead atoms. The number of rotatable bonds is 4. The van der Waals surface area contributed by atoms with Crippen LogP contribution in [0.2, 0.25) is 0 Å². The molecule has 5 heteroatoms. The minimum Gasteiger partial charge on any atom is -0.352 e. The summed E-state index contributed by atoms with van der Waals surface area (Å²) in [6.45, 7) is 0.847. The van der Waals surface area contributed by atoms with Gasteiger partial charge in [0, 0.05) is 37.8 Å². The summed E-state index contributed by atoms with van der Waals surface area (Å²) < 4.78 is 2.13. The second-order valence-electron chi connectivity index (χ2n) is 4.93. The first-order chi connectivity index (χ1) is 9.31. The van der Waals surface area contributed by atoms with Gasteiger partial charge in [0.1, 0.15) is 5.82 Å². The van der Waals surface area contributed by atoms with Crippen LogP contribution >= 0.6 is 11.3 Å². The van der Waals surface area contributed by atoms with Gasteiger partial charge in [-0.2, -0.15) is 11.3 Å². The van der Waals surface area contributed by atoms with Crippen LogP contribution in [0.25, 0.3) is 0 Å². The first-order valence-corrected chi connectivity index (χ1v) is 7.56. The molecule has 0 saturated carbocycles. The molecular formula is C14H17N3OS. The molecule has 0 fully saturated rings. The van der Waals surface area contributed by atoms with Crippen LogP contribution in [-0.4, -0.2) is 21.5 Å². The number of amides is 1. The van der Waals surface area contributed by atoms with Crippen molar-refractivity contribution in [3.63, 3.8) is 0 Å². The Kier molecular flexibility index (Phi) is 3.64. The maximum Gasteiger partial charge on any atom is 0.220 e. The Labute approximate surface area is 116 Å². The van der Waals surface area contributed by atoms with E-state index in [0.717, 1.165) is 31.6 Å². The molecule has 0 aromatic carbocycles. The monoisotopic (exact) mass is 275 g/mol. The molecule has 19 heavy (non-hydrogen) atoms. The van der Waals surface area contributed by atoms with E-state index < -0.39 is 0 Å². The number of nitrogens with one attached hydrogen (secondary N) is 1. The zero-order valence-corrected chi connectivity index (χ0v) is 11.5. The van der Waals surface area contributed by atoms with E-state index in [2.05, 4.69) is 31.7 Å². The van der Waals surface area contributed by atoms with Gasteiger partial charge in [0.05, 0.1) is 0 Å². The van der Waals surface area contributed by atoms with Crippen molar-refractivity contribution in [2.75, 3.05) is 0 Å². The van der Waals surface area contributed by atoms with Crippen LogP contribution < -0.4 is 5.32 Å². The highest BCUT2D eigenvalue weighted by molar-refractivity contribution is 7.07. The molecule has 100 valence electrons. The minimum atomic E-state index is 0.153. The number of nitrogens with zero attached hydrogens (tertiary/aromatic N) is 2. The number of carbonyl (C=O) groups excluding carboxylic acids is 1. The maximum atomic E-state index is 11.9. The normalized spacial score (nSPS) is 18.0. The molecule has 1 aliphatic heterocycles. The van der Waals surface area contributed by atoms with Crippen molar-refractivity contribution < 1.29 is 4.79 Å². The summed E-state index contributed by atoms with van der Waals surface area (Å²) in [6, 6.07) is 2.33. The smallest absolute Gasteiger partial charge is 0.220 e. The Morgan fingerprint density at radius 3 is 3.37 bits per heavy atom. The van der Waals surface area contributed by atoms with Crippen molar-refractivity contribution >= 4 is 17.2 Å². The highest BCUT2D eigenvalue weighted by Gasteiger charge is 2.19. The van der Waals surface area contributed by atoms with Gasteiger partial charge >= 0.3 is 0 Å². The third-order valence-electron chi connectivity index (χ3n) is 3.52. The number of thiophene rings is 1. The molecule has 1 atom stereocenters. The van der Waals surface area contributed by atoms with Gasteiger partial charge in [-0.15, -0.1) is 0 Å². The molecule has 2 aromatic rings. The van der Waals surface area contributed by atoms with Crippen LogP contribution in [0.5, 0.6) is 0 Å². The van der Waals surface area contributed by atoms with E-state index in [1.807, 2.05) is 12.4 Å². The largest absolute Gasteiger partial charge is 0.352 e. The van der Waals surface area contributed by atoms with E-state index in [1.165, 1.54) is 5.56 Å². The number of aromatic nitrogens is 2. The van der Waals surface area contributed by atoms with Gasteiger partial charge < -0.3 is 9.88 Å². The van der Waals surface area contributed by atoms with E-state index in [0.29, 0.717) is 6.42 Å². The molecule has 1 N–H and O–H groups in total. The van der Waals surface area contributed by atoms with Crippen molar-refractivity contribution in [3.05, 3.63) is 40.6 Å². The first-order valence-electron chi connectivity index (χ1n) is 6.62. The Hall–Kier alpha value is -1.62. The standard InChI is InChI=1S/C14H17N3OS/c18-14(4-1-11-5-8-19-10-11)16-12-2-3-13-15-6-7-17(13)9-12/h5-8,10,12H,1-4,9H2,(H,16,18)/t12-/m1/s1. The predicted octanol–water partition coefficient (Wildman–Crippen LogP) is 2.01. The third-order valence-corrected chi connectivity index (χ3v) is 4.25. The molecule has 0 unspecified atom stereocenters. The van der Waals surface area contributed by atoms with Gasteiger partial charge in [0.2, 0.25) is 5.91 Å². The Bertz CT molecular complexity index is 547. The summed E-state index contributed by atoms with van der Waals surface area (Å²) in [4.78, 5) is 16.2. The lowest BCUT2D eigenvalue weighted by Crippen LogP contribution is -2.40. The molecule has 0 radical (unpaired) electrons. The molecule has 0 spiro atoms. The van der Waals surface area contributed by atoms with Crippen LogP contribution in [0.1, 0.15) is 24.2 Å². The lowest BCUT2D eigenvalue weighted by atomic mass is 10.1. The van der Waals surface area contributed by atoms with Crippen LogP contribution in [0.15, 0.2) is 29.2 Å². The molecule has 0 aliphatic carbocycles. The highest BCUT2D eigenvalue weighted by Crippen LogP contribution is 2.13. The molecule has 4 nitrogen and oxygen atoms in total. The number of imidazole rings is 1. The second kappa shape index (κ2) is 5.57. The summed E-state index contributed by atoms with van der Waals surface area (Å²) in [5.41, 5.74) is 1.25. The van der Waals surface area contributed by atoms with Crippen molar-refractivity contribution in [3.8, 4) is 0 Å². The van der Waals surface area contributed by atoms with Crippen molar-refractivity contribution in [2.45, 2.75) is 38.3 Å². The fraction of sp³-hybridized carbons (Fsp3) is 0.429. The van der Waals surface area contributed by atoms with Crippen molar-refractivity contribution in [1.29, 1.82) is 0 Å². The summed E-state index contributed by atoms with van der Waals surface area (Å²) in [5, 5.41) is 7.28. The molecule has 0 saturated heterocycles. The van der Waals surface area contributed by atoms with Gasteiger partial charge in [0.15, 0.2) is 0 Å². The Balaban J connectivity index is 1.48. The highest BCUT2D eigenvalue weighted by atomic mass is 32.1. The van der Waals surface area contributed by atoms with Crippen molar-refractivity contribution in [2.24, 2.45) is 0 Å². The average Bonchev–Trinajstić information content (AvgIpc) is 3.07. The fourth-order valence-electron chi connectivity index (χ4n) is 2.48. The van der Waals surface area contributed by atoms with Gasteiger partial charge in [-0.1, -0.05) is 0 Å². The molecular weight excluding hydrogens is 258 g/mol. The topological polar surface area (TPSA) is 46.9 Å². The summed E-state index contributed by atoms with van der Waals surface area (Å²) in [6.07, 6.45) is 7.15. The maximum absolute atomic E-state index is 11.9. The van der Waals surface area contributed by atoms with Crippen LogP contribution in [0, 0.1) is 0 Å². The van der Waals surface area contributed by atoms with Gasteiger partial charge in [-0.3, -0.25) is 4.79 Å². The van der Waals surface area contributed by atoms with Gasteiger partial charge in [-0.25, -0.2) is 4.98 Å². The number of aryl methyl sites for hydroxylation is 2. The van der Waals surface area contributed by atoms with Gasteiger partial charge in [0.25, 0.3) is 0 Å². The predicted molar refractivity (Wildman–Crippen MR) is 75.1 cm³/mol. The van der Waals surface area contributed by atoms with Crippen LogP contribution in [0.3, 0.4) is 0 Å². The van der Waals surface area contributed by atoms with Crippen LogP contribution in [0.4, 0.5) is 0 Å². The number of fused-ring (bicyclic) bond motifs is 1. The number of carbonyl (C=O) groups is 1. The van der Waals surface area contributed by atoms with E-state index in [9.17, 15) is 4.79 Å². The van der Waals surface area contributed by atoms with Crippen LogP contribution in [-0.2, 0) is 24.2 Å². The van der Waals surface area contributed by atoms with E-state index in [1.54, 1.807) is 11.3 Å². The first kappa shape index (κ1) is 12.4. The SMILES string of the molecule is O=C(CCc1ccsc1)N[C@@H]1CCc2nccn2C1. The summed E-state index contributed by atoms with van der Waals surface area (Å²) in [5.74, 6) is 1.28. The second-order valence-corrected chi connectivity index (χ2v) is 5.71. The van der Waals surface area contributed by atoms with Gasteiger partial charge in [-0.05, 0) is 35.2 Å². The third kappa shape index (κ3) is 3.04. The summed E-state index contributed by atoms with van der Waals surface area (Å²) >= 11 is 1.68. The minimum absolute atomic E-state index is 0.153.